The van der Waals surface area contributed by atoms with Gasteiger partial charge >= 0.3 is 0 Å². The maximum atomic E-state index is 5.90. The SMILES string of the molecule is COc1cc2ccccc2cc1OCc1ccccc1. The van der Waals surface area contributed by atoms with Crippen LogP contribution in [0.5, 0.6) is 11.5 Å². The lowest BCUT2D eigenvalue weighted by molar-refractivity contribution is 0.285. The molecule has 0 saturated carbocycles. The lowest BCUT2D eigenvalue weighted by atomic mass is 10.1. The zero-order valence-corrected chi connectivity index (χ0v) is 11.4. The Hall–Kier alpha value is -2.48. The van der Waals surface area contributed by atoms with Crippen LogP contribution >= 0.6 is 0 Å². The molecule has 0 atom stereocenters. The fourth-order valence-electron chi connectivity index (χ4n) is 2.21. The first-order valence-electron chi connectivity index (χ1n) is 6.60. The van der Waals surface area contributed by atoms with Gasteiger partial charge in [0.2, 0.25) is 0 Å². The van der Waals surface area contributed by atoms with Gasteiger partial charge < -0.3 is 9.47 Å². The lowest BCUT2D eigenvalue weighted by Crippen LogP contribution is -1.97. The molecular weight excluding hydrogens is 248 g/mol. The Kier molecular flexibility index (Phi) is 3.55. The Morgan fingerprint density at radius 3 is 2.00 bits per heavy atom. The van der Waals surface area contributed by atoms with E-state index in [1.807, 2.05) is 54.6 Å². The van der Waals surface area contributed by atoms with Gasteiger partial charge in [0.1, 0.15) is 6.61 Å². The molecule has 2 heteroatoms. The number of methoxy groups -OCH3 is 1. The fraction of sp³-hybridized carbons (Fsp3) is 0.111. The number of hydrogen-bond acceptors (Lipinski definition) is 2. The van der Waals surface area contributed by atoms with Gasteiger partial charge in [-0.15, -0.1) is 0 Å². The third kappa shape index (κ3) is 2.59. The quantitative estimate of drug-likeness (QED) is 0.694. The molecule has 0 N–H and O–H groups in total. The predicted octanol–water partition coefficient (Wildman–Crippen LogP) is 4.43. The van der Waals surface area contributed by atoms with Gasteiger partial charge in [-0.3, -0.25) is 0 Å². The van der Waals surface area contributed by atoms with Gasteiger partial charge in [0.05, 0.1) is 7.11 Å². The zero-order valence-electron chi connectivity index (χ0n) is 11.4. The van der Waals surface area contributed by atoms with Gasteiger partial charge in [0.15, 0.2) is 11.5 Å². The van der Waals surface area contributed by atoms with Crippen molar-refractivity contribution in [1.82, 2.24) is 0 Å². The van der Waals surface area contributed by atoms with Crippen LogP contribution in [0.25, 0.3) is 10.8 Å². The Bertz CT molecular complexity index is 705. The van der Waals surface area contributed by atoms with Gasteiger partial charge in [0, 0.05) is 0 Å². The van der Waals surface area contributed by atoms with Crippen LogP contribution < -0.4 is 9.47 Å². The summed E-state index contributed by atoms with van der Waals surface area (Å²) in [5, 5.41) is 2.30. The van der Waals surface area contributed by atoms with Crippen LogP contribution in [0.15, 0.2) is 66.7 Å². The Balaban J connectivity index is 1.90. The van der Waals surface area contributed by atoms with Crippen molar-refractivity contribution in [2.24, 2.45) is 0 Å². The average Bonchev–Trinajstić information content (AvgIpc) is 2.53. The highest BCUT2D eigenvalue weighted by molar-refractivity contribution is 5.86. The van der Waals surface area contributed by atoms with Crippen LogP contribution in [0.3, 0.4) is 0 Å². The highest BCUT2D eigenvalue weighted by atomic mass is 16.5. The number of fused-ring (bicyclic) bond motifs is 1. The molecule has 0 amide bonds. The molecule has 0 fully saturated rings. The van der Waals surface area contributed by atoms with Crippen molar-refractivity contribution in [3.8, 4) is 11.5 Å². The molecule has 20 heavy (non-hydrogen) atoms. The van der Waals surface area contributed by atoms with Crippen LogP contribution in [0, 0.1) is 0 Å². The Morgan fingerprint density at radius 2 is 1.35 bits per heavy atom. The Morgan fingerprint density at radius 1 is 0.750 bits per heavy atom. The third-order valence-electron chi connectivity index (χ3n) is 3.27. The van der Waals surface area contributed by atoms with Gasteiger partial charge in [-0.05, 0) is 28.5 Å². The zero-order chi connectivity index (χ0) is 13.8. The molecule has 0 saturated heterocycles. The van der Waals surface area contributed by atoms with Crippen molar-refractivity contribution in [2.45, 2.75) is 6.61 Å². The molecule has 100 valence electrons. The van der Waals surface area contributed by atoms with Gasteiger partial charge in [0.25, 0.3) is 0 Å². The van der Waals surface area contributed by atoms with E-state index < -0.39 is 0 Å². The first-order valence-corrected chi connectivity index (χ1v) is 6.60. The normalized spacial score (nSPS) is 10.4. The predicted molar refractivity (Wildman–Crippen MR) is 81.3 cm³/mol. The van der Waals surface area contributed by atoms with Crippen molar-refractivity contribution in [3.05, 3.63) is 72.3 Å². The molecule has 0 bridgehead atoms. The minimum absolute atomic E-state index is 0.537. The summed E-state index contributed by atoms with van der Waals surface area (Å²) in [6, 6.07) is 22.3. The highest BCUT2D eigenvalue weighted by Crippen LogP contribution is 2.32. The third-order valence-corrected chi connectivity index (χ3v) is 3.27. The summed E-state index contributed by atoms with van der Waals surface area (Å²) in [4.78, 5) is 0. The van der Waals surface area contributed by atoms with Crippen LogP contribution in [0.2, 0.25) is 0 Å². The van der Waals surface area contributed by atoms with E-state index >= 15 is 0 Å². The summed E-state index contributed by atoms with van der Waals surface area (Å²) >= 11 is 0. The van der Waals surface area contributed by atoms with Crippen molar-refractivity contribution in [2.75, 3.05) is 7.11 Å². The second-order valence-corrected chi connectivity index (χ2v) is 4.62. The van der Waals surface area contributed by atoms with E-state index in [4.69, 9.17) is 9.47 Å². The van der Waals surface area contributed by atoms with Gasteiger partial charge in [-0.1, -0.05) is 54.6 Å². The van der Waals surface area contributed by atoms with E-state index in [2.05, 4.69) is 12.1 Å². The van der Waals surface area contributed by atoms with E-state index in [0.29, 0.717) is 6.61 Å². The molecule has 0 aliphatic carbocycles. The minimum Gasteiger partial charge on any atom is -0.493 e. The topological polar surface area (TPSA) is 18.5 Å². The maximum absolute atomic E-state index is 5.90. The van der Waals surface area contributed by atoms with E-state index in [1.54, 1.807) is 7.11 Å². The summed E-state index contributed by atoms with van der Waals surface area (Å²) in [6.07, 6.45) is 0. The van der Waals surface area contributed by atoms with E-state index in [0.717, 1.165) is 27.8 Å². The molecule has 3 aromatic carbocycles. The second kappa shape index (κ2) is 5.66. The van der Waals surface area contributed by atoms with Crippen LogP contribution in [-0.4, -0.2) is 7.11 Å². The van der Waals surface area contributed by atoms with Crippen molar-refractivity contribution >= 4 is 10.8 Å². The average molecular weight is 264 g/mol. The molecule has 0 unspecified atom stereocenters. The number of benzene rings is 3. The lowest BCUT2D eigenvalue weighted by Gasteiger charge is -2.12. The summed E-state index contributed by atoms with van der Waals surface area (Å²) < 4.78 is 11.3. The monoisotopic (exact) mass is 264 g/mol. The molecular formula is C18H16O2. The molecule has 0 spiro atoms. The van der Waals surface area contributed by atoms with Gasteiger partial charge in [-0.2, -0.15) is 0 Å². The van der Waals surface area contributed by atoms with Crippen LogP contribution in [-0.2, 0) is 6.61 Å². The molecule has 3 aromatic rings. The Labute approximate surface area is 118 Å². The highest BCUT2D eigenvalue weighted by Gasteiger charge is 2.06. The smallest absolute Gasteiger partial charge is 0.162 e. The van der Waals surface area contributed by atoms with E-state index in [-0.39, 0.29) is 0 Å². The molecule has 0 aliphatic heterocycles. The second-order valence-electron chi connectivity index (χ2n) is 4.62. The van der Waals surface area contributed by atoms with E-state index in [1.165, 1.54) is 0 Å². The largest absolute Gasteiger partial charge is 0.493 e. The summed E-state index contributed by atoms with van der Waals surface area (Å²) in [5.41, 5.74) is 1.14. The van der Waals surface area contributed by atoms with E-state index in [9.17, 15) is 0 Å². The molecule has 0 heterocycles. The van der Waals surface area contributed by atoms with Gasteiger partial charge in [-0.25, -0.2) is 0 Å². The maximum Gasteiger partial charge on any atom is 0.162 e. The van der Waals surface area contributed by atoms with Crippen LogP contribution in [0.4, 0.5) is 0 Å². The fourth-order valence-corrected chi connectivity index (χ4v) is 2.21. The number of ether oxygens (including phenoxy) is 2. The molecule has 2 nitrogen and oxygen atoms in total. The molecule has 0 aliphatic rings. The number of hydrogen-bond donors (Lipinski definition) is 0. The van der Waals surface area contributed by atoms with Crippen molar-refractivity contribution in [1.29, 1.82) is 0 Å². The molecule has 0 aromatic heterocycles. The summed E-state index contributed by atoms with van der Waals surface area (Å²) in [7, 11) is 1.67. The van der Waals surface area contributed by atoms with Crippen LogP contribution in [0.1, 0.15) is 5.56 Å². The number of rotatable bonds is 4. The standard InChI is InChI=1S/C18H16O2/c1-19-17-11-15-9-5-6-10-16(15)12-18(17)20-13-14-7-3-2-4-8-14/h2-12H,13H2,1H3. The summed E-state index contributed by atoms with van der Waals surface area (Å²) in [6.45, 7) is 0.537. The van der Waals surface area contributed by atoms with Crippen molar-refractivity contribution < 1.29 is 9.47 Å². The first kappa shape index (κ1) is 12.5. The molecule has 0 radical (unpaired) electrons. The molecule has 3 rings (SSSR count). The summed E-state index contributed by atoms with van der Waals surface area (Å²) in [5.74, 6) is 1.54. The minimum atomic E-state index is 0.537. The first-order chi connectivity index (χ1) is 9.86. The van der Waals surface area contributed by atoms with Crippen molar-refractivity contribution in [3.63, 3.8) is 0 Å².